The van der Waals surface area contributed by atoms with Gasteiger partial charge in [0, 0.05) is 25.8 Å². The Morgan fingerprint density at radius 2 is 2.04 bits per heavy atom. The van der Waals surface area contributed by atoms with Crippen LogP contribution in [0.5, 0.6) is 0 Å². The predicted octanol–water partition coefficient (Wildman–Crippen LogP) is 2.25. The molecule has 7 nitrogen and oxygen atoms in total. The molecule has 1 aromatic heterocycles. The van der Waals surface area contributed by atoms with Gasteiger partial charge in [0.15, 0.2) is 5.69 Å². The lowest BCUT2D eigenvalue weighted by molar-refractivity contribution is 0.0690. The minimum Gasteiger partial charge on any atom is -0.476 e. The van der Waals surface area contributed by atoms with Crippen molar-refractivity contribution in [1.29, 1.82) is 0 Å². The van der Waals surface area contributed by atoms with E-state index in [1.54, 1.807) is 18.0 Å². The highest BCUT2D eigenvalue weighted by molar-refractivity contribution is 5.84. The van der Waals surface area contributed by atoms with Gasteiger partial charge in [-0.15, -0.1) is 5.10 Å². The molecule has 24 heavy (non-hydrogen) atoms. The lowest BCUT2D eigenvalue weighted by Crippen LogP contribution is -2.46. The van der Waals surface area contributed by atoms with Gasteiger partial charge in [-0.2, -0.15) is 0 Å². The molecule has 2 aliphatic rings. The molecule has 0 unspecified atom stereocenters. The number of nitrogens with zero attached hydrogens (tertiary/aromatic N) is 3. The molecule has 1 heterocycles. The van der Waals surface area contributed by atoms with Crippen LogP contribution in [0.1, 0.15) is 67.9 Å². The van der Waals surface area contributed by atoms with Crippen molar-refractivity contribution in [1.82, 2.24) is 20.3 Å². The second-order valence-electron chi connectivity index (χ2n) is 7.19. The summed E-state index contributed by atoms with van der Waals surface area (Å²) in [6.07, 6.45) is 10.9. The second-order valence-corrected chi connectivity index (χ2v) is 7.19. The van der Waals surface area contributed by atoms with Gasteiger partial charge in [0.25, 0.3) is 0 Å². The third-order valence-corrected chi connectivity index (χ3v) is 5.50. The van der Waals surface area contributed by atoms with Gasteiger partial charge in [-0.1, -0.05) is 18.1 Å². The molecule has 0 saturated heterocycles. The van der Waals surface area contributed by atoms with Crippen LogP contribution in [0.4, 0.5) is 0 Å². The van der Waals surface area contributed by atoms with Crippen molar-refractivity contribution in [2.24, 2.45) is 5.92 Å². The number of rotatable bonds is 6. The molecule has 0 spiro atoms. The lowest BCUT2D eigenvalue weighted by Gasteiger charge is -2.37. The van der Waals surface area contributed by atoms with E-state index in [-0.39, 0.29) is 11.7 Å². The number of ether oxygens (including phenoxy) is 1. The normalized spacial score (nSPS) is 31.0. The monoisotopic (exact) mass is 336 g/mol. The van der Waals surface area contributed by atoms with E-state index in [2.05, 4.69) is 15.6 Å². The van der Waals surface area contributed by atoms with Gasteiger partial charge in [0.05, 0.1) is 12.2 Å². The molecule has 2 N–H and O–H groups in total. The Kier molecular flexibility index (Phi) is 5.84. The Hall–Kier alpha value is -1.47. The van der Waals surface area contributed by atoms with Gasteiger partial charge in [-0.3, -0.25) is 0 Å². The number of carboxylic acids is 1. The fraction of sp³-hybridized carbons (Fsp3) is 0.824. The summed E-state index contributed by atoms with van der Waals surface area (Å²) in [5, 5.41) is 20.7. The topological polar surface area (TPSA) is 89.3 Å². The van der Waals surface area contributed by atoms with Crippen LogP contribution in [-0.2, 0) is 4.74 Å². The number of aromatic carboxylic acids is 1. The molecule has 2 fully saturated rings. The number of carbonyl (C=O) groups is 1. The van der Waals surface area contributed by atoms with Crippen LogP contribution in [0.25, 0.3) is 0 Å². The molecule has 0 aromatic carbocycles. The maximum Gasteiger partial charge on any atom is 0.358 e. The highest BCUT2D eigenvalue weighted by atomic mass is 16.5. The summed E-state index contributed by atoms with van der Waals surface area (Å²) in [4.78, 5) is 11.0. The molecule has 3 rings (SSSR count). The molecule has 134 valence electrons. The predicted molar refractivity (Wildman–Crippen MR) is 89.0 cm³/mol. The molecule has 2 saturated carbocycles. The minimum atomic E-state index is -1.02. The van der Waals surface area contributed by atoms with Crippen molar-refractivity contribution < 1.29 is 14.6 Å². The molecule has 2 aliphatic carbocycles. The molecule has 2 atom stereocenters. The Balaban J connectivity index is 1.59. The summed E-state index contributed by atoms with van der Waals surface area (Å²) in [7, 11) is 1.78. The van der Waals surface area contributed by atoms with Crippen LogP contribution in [0.3, 0.4) is 0 Å². The molecule has 1 aromatic rings. The minimum absolute atomic E-state index is 0.0272. The standard InChI is InChI=1S/C17H28N4O3/c1-24-11-12-6-8-13(9-7-12)18-14-4-2-3-5-16(14)21-10-15(17(22)23)19-20-21/h10,12-14,16,18H,2-9,11H2,1H3,(H,22,23)/t12?,13?,14-,16+/m1/s1. The SMILES string of the molecule is COCC1CCC(N[C@@H]2CCCC[C@@H]2n2cc(C(=O)O)nn2)CC1. The van der Waals surface area contributed by atoms with Gasteiger partial charge in [0.1, 0.15) is 0 Å². The summed E-state index contributed by atoms with van der Waals surface area (Å²) < 4.78 is 7.04. The van der Waals surface area contributed by atoms with Crippen LogP contribution < -0.4 is 5.32 Å². The van der Waals surface area contributed by atoms with Crippen LogP contribution >= 0.6 is 0 Å². The summed E-state index contributed by atoms with van der Waals surface area (Å²) in [5.74, 6) is -0.318. The first-order chi connectivity index (χ1) is 11.7. The molecule has 7 heteroatoms. The number of aromatic nitrogens is 3. The molecule has 0 radical (unpaired) electrons. The van der Waals surface area contributed by atoms with Gasteiger partial charge in [-0.05, 0) is 44.4 Å². The van der Waals surface area contributed by atoms with Gasteiger partial charge in [-0.25, -0.2) is 9.48 Å². The van der Waals surface area contributed by atoms with E-state index in [1.807, 2.05) is 0 Å². The fourth-order valence-corrected chi connectivity index (χ4v) is 4.19. The van der Waals surface area contributed by atoms with Crippen molar-refractivity contribution in [3.8, 4) is 0 Å². The van der Waals surface area contributed by atoms with Crippen molar-refractivity contribution in [3.05, 3.63) is 11.9 Å². The van der Waals surface area contributed by atoms with E-state index < -0.39 is 5.97 Å². The van der Waals surface area contributed by atoms with E-state index in [1.165, 1.54) is 32.1 Å². The lowest BCUT2D eigenvalue weighted by atomic mass is 9.84. The van der Waals surface area contributed by atoms with Crippen LogP contribution in [-0.4, -0.2) is 51.9 Å². The zero-order valence-corrected chi connectivity index (χ0v) is 14.4. The molecule has 0 bridgehead atoms. The third-order valence-electron chi connectivity index (χ3n) is 5.50. The molecular weight excluding hydrogens is 308 g/mol. The van der Waals surface area contributed by atoms with E-state index in [0.29, 0.717) is 18.0 Å². The first kappa shape index (κ1) is 17.4. The molecule has 0 amide bonds. The van der Waals surface area contributed by atoms with Gasteiger partial charge >= 0.3 is 5.97 Å². The maximum absolute atomic E-state index is 11.0. The fourth-order valence-electron chi connectivity index (χ4n) is 4.19. The Morgan fingerprint density at radius 1 is 1.29 bits per heavy atom. The van der Waals surface area contributed by atoms with Gasteiger partial charge in [0.2, 0.25) is 0 Å². The average molecular weight is 336 g/mol. The maximum atomic E-state index is 11.0. The zero-order chi connectivity index (χ0) is 16.9. The Bertz CT molecular complexity index is 540. The highest BCUT2D eigenvalue weighted by Gasteiger charge is 2.31. The zero-order valence-electron chi connectivity index (χ0n) is 14.4. The largest absolute Gasteiger partial charge is 0.476 e. The summed E-state index contributed by atoms with van der Waals surface area (Å²) in [5.41, 5.74) is 0.0272. The quantitative estimate of drug-likeness (QED) is 0.828. The number of hydrogen-bond donors (Lipinski definition) is 2. The number of carboxylic acid groups (broad SMARTS) is 1. The average Bonchev–Trinajstić information content (AvgIpc) is 3.08. The van der Waals surface area contributed by atoms with Crippen molar-refractivity contribution in [2.45, 2.75) is 69.5 Å². The van der Waals surface area contributed by atoms with Crippen LogP contribution in [0.15, 0.2) is 6.20 Å². The number of methoxy groups -OCH3 is 1. The van der Waals surface area contributed by atoms with Crippen LogP contribution in [0, 0.1) is 5.92 Å². The summed E-state index contributed by atoms with van der Waals surface area (Å²) in [6.45, 7) is 0.871. The Labute approximate surface area is 142 Å². The third kappa shape index (κ3) is 4.13. The first-order valence-electron chi connectivity index (χ1n) is 9.07. The van der Waals surface area contributed by atoms with Crippen molar-refractivity contribution in [3.63, 3.8) is 0 Å². The highest BCUT2D eigenvalue weighted by Crippen LogP contribution is 2.31. The second kappa shape index (κ2) is 8.07. The smallest absolute Gasteiger partial charge is 0.358 e. The number of hydrogen-bond acceptors (Lipinski definition) is 5. The van der Waals surface area contributed by atoms with Crippen LogP contribution in [0.2, 0.25) is 0 Å². The van der Waals surface area contributed by atoms with Crippen molar-refractivity contribution in [2.75, 3.05) is 13.7 Å². The Morgan fingerprint density at radius 3 is 2.71 bits per heavy atom. The van der Waals surface area contributed by atoms with E-state index in [0.717, 1.165) is 25.9 Å². The first-order valence-corrected chi connectivity index (χ1v) is 9.07. The number of nitrogens with one attached hydrogen (secondary N) is 1. The summed E-state index contributed by atoms with van der Waals surface area (Å²) in [6, 6.07) is 1.10. The van der Waals surface area contributed by atoms with E-state index in [4.69, 9.17) is 9.84 Å². The van der Waals surface area contributed by atoms with Crippen molar-refractivity contribution >= 4 is 5.97 Å². The van der Waals surface area contributed by atoms with Gasteiger partial charge < -0.3 is 15.2 Å². The summed E-state index contributed by atoms with van der Waals surface area (Å²) >= 11 is 0. The molecule has 0 aliphatic heterocycles. The van der Waals surface area contributed by atoms with E-state index >= 15 is 0 Å². The van der Waals surface area contributed by atoms with E-state index in [9.17, 15) is 4.79 Å². The molecular formula is C17H28N4O3.